The van der Waals surface area contributed by atoms with Crippen LogP contribution in [0.3, 0.4) is 0 Å². The zero-order chi connectivity index (χ0) is 26.4. The fraction of sp³-hybridized carbons (Fsp3) is 0.233. The van der Waals surface area contributed by atoms with Crippen molar-refractivity contribution in [2.45, 2.75) is 37.6 Å². The van der Waals surface area contributed by atoms with Gasteiger partial charge in [-0.25, -0.2) is 13.1 Å². The summed E-state index contributed by atoms with van der Waals surface area (Å²) in [4.78, 5) is 13.6. The van der Waals surface area contributed by atoms with Crippen LogP contribution in [-0.2, 0) is 21.2 Å². The molecular weight excluding hydrogens is 484 g/mol. The molecule has 0 saturated heterocycles. The standard InChI is InChI=1S/C30H32N2O4S/c1-21(27-15-9-13-25-12-7-8-14-28(25)27)31-30(33)29(20-23-16-18-26(36-3)19-17-23)32-37(34,35)22(2)24-10-5-4-6-11-24/h4-19,21-22,29,32H,20H2,1-3H3,(H,31,33)/t21?,22-,29?/m0/s1. The van der Waals surface area contributed by atoms with Crippen molar-refractivity contribution >= 4 is 26.7 Å². The van der Waals surface area contributed by atoms with Gasteiger partial charge in [0.25, 0.3) is 0 Å². The van der Waals surface area contributed by atoms with Gasteiger partial charge >= 0.3 is 0 Å². The Morgan fingerprint density at radius 3 is 2.19 bits per heavy atom. The molecule has 0 aliphatic heterocycles. The molecule has 192 valence electrons. The van der Waals surface area contributed by atoms with Crippen LogP contribution in [0.15, 0.2) is 97.1 Å². The molecule has 4 aromatic carbocycles. The van der Waals surface area contributed by atoms with E-state index < -0.39 is 21.3 Å². The number of benzene rings is 4. The minimum absolute atomic E-state index is 0.193. The second kappa shape index (κ2) is 11.6. The Morgan fingerprint density at radius 2 is 1.49 bits per heavy atom. The molecule has 1 amide bonds. The van der Waals surface area contributed by atoms with E-state index in [4.69, 9.17) is 4.74 Å². The van der Waals surface area contributed by atoms with Gasteiger partial charge in [0.05, 0.1) is 18.4 Å². The second-order valence-corrected chi connectivity index (χ2v) is 11.2. The number of sulfonamides is 1. The number of hydrogen-bond acceptors (Lipinski definition) is 4. The molecule has 4 rings (SSSR count). The van der Waals surface area contributed by atoms with Crippen LogP contribution < -0.4 is 14.8 Å². The zero-order valence-electron chi connectivity index (χ0n) is 21.2. The van der Waals surface area contributed by atoms with Gasteiger partial charge in [-0.2, -0.15) is 0 Å². The fourth-order valence-electron chi connectivity index (χ4n) is 4.41. The average Bonchev–Trinajstić information content (AvgIpc) is 2.92. The molecule has 3 atom stereocenters. The van der Waals surface area contributed by atoms with Gasteiger partial charge < -0.3 is 10.1 Å². The first-order valence-electron chi connectivity index (χ1n) is 12.3. The number of rotatable bonds is 10. The maximum atomic E-state index is 13.6. The van der Waals surface area contributed by atoms with Crippen LogP contribution in [0.4, 0.5) is 0 Å². The number of ether oxygens (including phenoxy) is 1. The van der Waals surface area contributed by atoms with Crippen LogP contribution >= 0.6 is 0 Å². The van der Waals surface area contributed by atoms with Crippen LogP contribution in [0.2, 0.25) is 0 Å². The molecule has 0 radical (unpaired) electrons. The highest BCUT2D eigenvalue weighted by Crippen LogP contribution is 2.25. The SMILES string of the molecule is COc1ccc(CC(NS(=O)(=O)[C@@H](C)c2ccccc2)C(=O)NC(C)c2cccc3ccccc23)cc1. The first-order valence-corrected chi connectivity index (χ1v) is 13.8. The molecule has 0 aliphatic carbocycles. The largest absolute Gasteiger partial charge is 0.497 e. The predicted octanol–water partition coefficient (Wildman–Crippen LogP) is 5.32. The Balaban J connectivity index is 1.60. The number of nitrogens with one attached hydrogen (secondary N) is 2. The highest BCUT2D eigenvalue weighted by atomic mass is 32.2. The van der Waals surface area contributed by atoms with Crippen molar-refractivity contribution < 1.29 is 17.9 Å². The number of carbonyl (C=O) groups is 1. The summed E-state index contributed by atoms with van der Waals surface area (Å²) >= 11 is 0. The summed E-state index contributed by atoms with van der Waals surface area (Å²) in [7, 11) is -2.28. The Bertz CT molecular complexity index is 1450. The average molecular weight is 517 g/mol. The van der Waals surface area contributed by atoms with Gasteiger partial charge in [0.15, 0.2) is 0 Å². The van der Waals surface area contributed by atoms with Crippen molar-refractivity contribution in [3.8, 4) is 5.75 Å². The summed E-state index contributed by atoms with van der Waals surface area (Å²) in [5.41, 5.74) is 2.44. The van der Waals surface area contributed by atoms with Crippen LogP contribution in [0.25, 0.3) is 10.8 Å². The summed E-state index contributed by atoms with van der Waals surface area (Å²) in [6.07, 6.45) is 0.193. The van der Waals surface area contributed by atoms with E-state index in [9.17, 15) is 13.2 Å². The van der Waals surface area contributed by atoms with Gasteiger partial charge in [-0.3, -0.25) is 4.79 Å². The first kappa shape index (κ1) is 26.4. The summed E-state index contributed by atoms with van der Waals surface area (Å²) in [5, 5.41) is 4.34. The van der Waals surface area contributed by atoms with E-state index in [1.165, 1.54) is 0 Å². The molecule has 0 saturated carbocycles. The van der Waals surface area contributed by atoms with E-state index in [1.54, 1.807) is 50.4 Å². The topological polar surface area (TPSA) is 84.5 Å². The van der Waals surface area contributed by atoms with Gasteiger partial charge in [0, 0.05) is 0 Å². The van der Waals surface area contributed by atoms with E-state index in [0.29, 0.717) is 11.3 Å². The fourth-order valence-corrected chi connectivity index (χ4v) is 5.72. The third-order valence-electron chi connectivity index (χ3n) is 6.60. The smallest absolute Gasteiger partial charge is 0.238 e. The van der Waals surface area contributed by atoms with E-state index in [0.717, 1.165) is 21.9 Å². The van der Waals surface area contributed by atoms with Gasteiger partial charge in [0.1, 0.15) is 11.8 Å². The molecule has 2 N–H and O–H groups in total. The first-order chi connectivity index (χ1) is 17.8. The maximum absolute atomic E-state index is 13.6. The molecule has 7 heteroatoms. The third-order valence-corrected chi connectivity index (χ3v) is 8.42. The van der Waals surface area contributed by atoms with Crippen molar-refractivity contribution in [1.29, 1.82) is 0 Å². The Morgan fingerprint density at radius 1 is 0.838 bits per heavy atom. The van der Waals surface area contributed by atoms with Crippen molar-refractivity contribution in [1.82, 2.24) is 10.0 Å². The lowest BCUT2D eigenvalue weighted by Gasteiger charge is -2.24. The van der Waals surface area contributed by atoms with Gasteiger partial charge in [-0.15, -0.1) is 0 Å². The number of carbonyl (C=O) groups excluding carboxylic acids is 1. The van der Waals surface area contributed by atoms with E-state index in [2.05, 4.69) is 10.0 Å². The summed E-state index contributed by atoms with van der Waals surface area (Å²) in [5.74, 6) is 0.299. The van der Waals surface area contributed by atoms with Crippen LogP contribution in [0, 0.1) is 0 Å². The van der Waals surface area contributed by atoms with Crippen molar-refractivity contribution in [2.75, 3.05) is 7.11 Å². The summed E-state index contributed by atoms with van der Waals surface area (Å²) in [6, 6.07) is 28.9. The van der Waals surface area contributed by atoms with E-state index in [-0.39, 0.29) is 18.4 Å². The zero-order valence-corrected chi connectivity index (χ0v) is 22.0. The lowest BCUT2D eigenvalue weighted by atomic mass is 9.99. The predicted molar refractivity (Wildman–Crippen MR) is 148 cm³/mol. The normalized spacial score (nSPS) is 14.0. The van der Waals surface area contributed by atoms with Crippen molar-refractivity contribution in [2.24, 2.45) is 0 Å². The van der Waals surface area contributed by atoms with Crippen LogP contribution in [0.5, 0.6) is 5.75 Å². The number of fused-ring (bicyclic) bond motifs is 1. The molecule has 0 aliphatic rings. The van der Waals surface area contributed by atoms with Gasteiger partial charge in [0.2, 0.25) is 15.9 Å². The minimum Gasteiger partial charge on any atom is -0.497 e. The Kier molecular flexibility index (Phi) is 8.26. The number of methoxy groups -OCH3 is 1. The second-order valence-electron chi connectivity index (χ2n) is 9.12. The molecule has 0 spiro atoms. The molecule has 0 heterocycles. The quantitative estimate of drug-likeness (QED) is 0.299. The van der Waals surface area contributed by atoms with Crippen LogP contribution in [0.1, 0.15) is 41.8 Å². The lowest BCUT2D eigenvalue weighted by Crippen LogP contribution is -2.49. The Labute approximate surface area is 218 Å². The highest BCUT2D eigenvalue weighted by Gasteiger charge is 2.30. The number of hydrogen-bond donors (Lipinski definition) is 2. The summed E-state index contributed by atoms with van der Waals surface area (Å²) in [6.45, 7) is 3.53. The number of amides is 1. The molecule has 4 aromatic rings. The van der Waals surface area contributed by atoms with Gasteiger partial charge in [-0.1, -0.05) is 84.9 Å². The minimum atomic E-state index is -3.86. The lowest BCUT2D eigenvalue weighted by molar-refractivity contribution is -0.123. The van der Waals surface area contributed by atoms with Crippen LogP contribution in [-0.4, -0.2) is 27.5 Å². The highest BCUT2D eigenvalue weighted by molar-refractivity contribution is 7.89. The molecular formula is C30H32N2O4S. The van der Waals surface area contributed by atoms with E-state index >= 15 is 0 Å². The molecule has 2 unspecified atom stereocenters. The Hall–Kier alpha value is -3.68. The molecule has 37 heavy (non-hydrogen) atoms. The monoisotopic (exact) mass is 516 g/mol. The molecule has 6 nitrogen and oxygen atoms in total. The van der Waals surface area contributed by atoms with Crippen molar-refractivity contribution in [3.05, 3.63) is 114 Å². The maximum Gasteiger partial charge on any atom is 0.238 e. The molecule has 0 bridgehead atoms. The van der Waals surface area contributed by atoms with Crippen molar-refractivity contribution in [3.63, 3.8) is 0 Å². The summed E-state index contributed by atoms with van der Waals surface area (Å²) < 4.78 is 34.6. The van der Waals surface area contributed by atoms with Gasteiger partial charge in [-0.05, 0) is 59.9 Å². The third kappa shape index (κ3) is 6.37. The van der Waals surface area contributed by atoms with E-state index in [1.807, 2.05) is 67.6 Å². The molecule has 0 aromatic heterocycles. The molecule has 0 fully saturated rings.